The molecule has 1 aromatic heterocycles. The summed E-state index contributed by atoms with van der Waals surface area (Å²) in [6.07, 6.45) is 2.24. The Morgan fingerprint density at radius 1 is 1.30 bits per heavy atom. The van der Waals surface area contributed by atoms with Crippen molar-refractivity contribution < 1.29 is 9.21 Å². The highest BCUT2D eigenvalue weighted by Crippen LogP contribution is 2.34. The van der Waals surface area contributed by atoms with Gasteiger partial charge in [0.05, 0.1) is 18.0 Å². The van der Waals surface area contributed by atoms with E-state index in [0.717, 1.165) is 22.2 Å². The first-order valence-corrected chi connectivity index (χ1v) is 8.36. The molecule has 2 aromatic rings. The monoisotopic (exact) mass is 374 g/mol. The number of amides is 1. The van der Waals surface area contributed by atoms with E-state index in [1.807, 2.05) is 24.3 Å². The average molecular weight is 375 g/mol. The maximum absolute atomic E-state index is 12.7. The molecule has 0 fully saturated rings. The molecule has 1 aliphatic rings. The summed E-state index contributed by atoms with van der Waals surface area (Å²) in [6, 6.07) is 11.4. The van der Waals surface area contributed by atoms with E-state index in [2.05, 4.69) is 41.8 Å². The summed E-state index contributed by atoms with van der Waals surface area (Å²) in [5, 5.41) is 6.20. The van der Waals surface area contributed by atoms with Crippen LogP contribution in [0.15, 0.2) is 56.7 Å². The average Bonchev–Trinajstić information content (AvgIpc) is 3.16. The normalized spacial score (nSPS) is 18.2. The minimum atomic E-state index is -0.195. The van der Waals surface area contributed by atoms with E-state index in [4.69, 9.17) is 4.42 Å². The molecular weight excluding hydrogens is 356 g/mol. The molecule has 0 aliphatic carbocycles. The van der Waals surface area contributed by atoms with Crippen LogP contribution in [0.1, 0.15) is 43.3 Å². The zero-order valence-corrected chi connectivity index (χ0v) is 15.0. The molecule has 1 aliphatic heterocycles. The first-order chi connectivity index (χ1) is 10.9. The summed E-state index contributed by atoms with van der Waals surface area (Å²) in [5.41, 5.74) is 1.87. The summed E-state index contributed by atoms with van der Waals surface area (Å²) in [7, 11) is 0. The summed E-state index contributed by atoms with van der Waals surface area (Å²) in [5.74, 6) is 0.124. The molecule has 0 spiro atoms. The highest BCUT2D eigenvalue weighted by molar-refractivity contribution is 9.10. The lowest BCUT2D eigenvalue weighted by Crippen LogP contribution is -2.41. The molecule has 120 valence electrons. The summed E-state index contributed by atoms with van der Waals surface area (Å²) in [4.78, 5) is 12.7. The smallest absolute Gasteiger partial charge is 0.309 e. The van der Waals surface area contributed by atoms with E-state index < -0.39 is 0 Å². The number of furan rings is 1. The number of hydrogen-bond acceptors (Lipinski definition) is 3. The second kappa shape index (κ2) is 5.96. The Labute approximate surface area is 144 Å². The van der Waals surface area contributed by atoms with Gasteiger partial charge in [0.1, 0.15) is 0 Å². The molecule has 0 saturated carbocycles. The summed E-state index contributed by atoms with van der Waals surface area (Å²) >= 11 is 3.49. The zero-order chi connectivity index (χ0) is 16.6. The molecule has 0 radical (unpaired) electrons. The molecule has 0 N–H and O–H groups in total. The molecule has 1 aromatic carbocycles. The summed E-state index contributed by atoms with van der Waals surface area (Å²) in [6.45, 7) is 6.37. The molecule has 0 bridgehead atoms. The van der Waals surface area contributed by atoms with Crippen LogP contribution < -0.4 is 0 Å². The van der Waals surface area contributed by atoms with Crippen LogP contribution in [-0.2, 0) is 0 Å². The van der Waals surface area contributed by atoms with Crippen LogP contribution in [0.5, 0.6) is 0 Å². The van der Waals surface area contributed by atoms with E-state index in [-0.39, 0.29) is 17.4 Å². The number of nitrogens with zero attached hydrogens (tertiary/aromatic N) is 2. The Morgan fingerprint density at radius 3 is 2.70 bits per heavy atom. The zero-order valence-electron chi connectivity index (χ0n) is 13.4. The second-order valence-electron chi connectivity index (χ2n) is 6.77. The second-order valence-corrected chi connectivity index (χ2v) is 7.69. The molecule has 0 unspecified atom stereocenters. The molecule has 1 amide bonds. The maximum Gasteiger partial charge on any atom is 0.309 e. The maximum atomic E-state index is 12.7. The van der Waals surface area contributed by atoms with Crippen molar-refractivity contribution in [2.24, 2.45) is 10.5 Å². The standard InChI is InChI=1S/C18H19BrN2O2/c1-18(2,3)16-11-14(12-6-4-7-13(19)10-12)20-21(16)17(22)15-8-5-9-23-15/h4-10,16H,11H2,1-3H3/t16-/m1/s1. The molecule has 4 nitrogen and oxygen atoms in total. The minimum Gasteiger partial charge on any atom is -0.459 e. The largest absolute Gasteiger partial charge is 0.459 e. The van der Waals surface area contributed by atoms with E-state index in [1.165, 1.54) is 6.26 Å². The predicted molar refractivity (Wildman–Crippen MR) is 93.4 cm³/mol. The lowest BCUT2D eigenvalue weighted by molar-refractivity contribution is 0.0552. The van der Waals surface area contributed by atoms with Crippen LogP contribution in [0.2, 0.25) is 0 Å². The van der Waals surface area contributed by atoms with Gasteiger partial charge in [-0.2, -0.15) is 5.10 Å². The van der Waals surface area contributed by atoms with Gasteiger partial charge >= 0.3 is 5.91 Å². The van der Waals surface area contributed by atoms with Gasteiger partial charge in [-0.3, -0.25) is 4.79 Å². The Bertz CT molecular complexity index is 745. The van der Waals surface area contributed by atoms with Crippen molar-refractivity contribution in [2.75, 3.05) is 0 Å². The molecule has 2 heterocycles. The van der Waals surface area contributed by atoms with Crippen molar-refractivity contribution in [2.45, 2.75) is 33.2 Å². The van der Waals surface area contributed by atoms with Gasteiger partial charge in [0.2, 0.25) is 0 Å². The molecule has 5 heteroatoms. The fraction of sp³-hybridized carbons (Fsp3) is 0.333. The van der Waals surface area contributed by atoms with E-state index in [1.54, 1.807) is 17.1 Å². The molecule has 1 atom stereocenters. The van der Waals surface area contributed by atoms with Crippen molar-refractivity contribution in [1.29, 1.82) is 0 Å². The van der Waals surface area contributed by atoms with Gasteiger partial charge in [0.15, 0.2) is 5.76 Å². The fourth-order valence-electron chi connectivity index (χ4n) is 2.73. The van der Waals surface area contributed by atoms with E-state index in [9.17, 15) is 4.79 Å². The first kappa shape index (κ1) is 16.0. The number of hydrazone groups is 1. The minimum absolute atomic E-state index is 0.00548. The third kappa shape index (κ3) is 3.24. The SMILES string of the molecule is CC(C)(C)[C@H]1CC(c2cccc(Br)c2)=NN1C(=O)c1ccco1. The number of halogens is 1. The quantitative estimate of drug-likeness (QED) is 0.763. The van der Waals surface area contributed by atoms with Crippen LogP contribution in [0.25, 0.3) is 0 Å². The molecule has 23 heavy (non-hydrogen) atoms. The van der Waals surface area contributed by atoms with Gasteiger partial charge in [-0.05, 0) is 35.2 Å². The van der Waals surface area contributed by atoms with Crippen LogP contribution in [-0.4, -0.2) is 22.7 Å². The van der Waals surface area contributed by atoms with Crippen LogP contribution >= 0.6 is 15.9 Å². The van der Waals surface area contributed by atoms with E-state index in [0.29, 0.717) is 5.76 Å². The lowest BCUT2D eigenvalue weighted by atomic mass is 9.83. The van der Waals surface area contributed by atoms with Gasteiger partial charge in [-0.25, -0.2) is 5.01 Å². The van der Waals surface area contributed by atoms with Gasteiger partial charge in [-0.1, -0.05) is 48.8 Å². The third-order valence-electron chi connectivity index (χ3n) is 4.01. The Kier molecular flexibility index (Phi) is 4.15. The van der Waals surface area contributed by atoms with Crippen molar-refractivity contribution in [3.63, 3.8) is 0 Å². The molecule has 0 saturated heterocycles. The first-order valence-electron chi connectivity index (χ1n) is 7.57. The van der Waals surface area contributed by atoms with Gasteiger partial charge in [-0.15, -0.1) is 0 Å². The van der Waals surface area contributed by atoms with Crippen LogP contribution in [0, 0.1) is 5.41 Å². The van der Waals surface area contributed by atoms with Crippen LogP contribution in [0.4, 0.5) is 0 Å². The van der Waals surface area contributed by atoms with E-state index >= 15 is 0 Å². The molecule has 3 rings (SSSR count). The van der Waals surface area contributed by atoms with Gasteiger partial charge in [0, 0.05) is 10.9 Å². The fourth-order valence-corrected chi connectivity index (χ4v) is 3.13. The van der Waals surface area contributed by atoms with Crippen molar-refractivity contribution in [3.05, 3.63) is 58.5 Å². The summed E-state index contributed by atoms with van der Waals surface area (Å²) < 4.78 is 6.26. The lowest BCUT2D eigenvalue weighted by Gasteiger charge is -2.32. The van der Waals surface area contributed by atoms with Crippen molar-refractivity contribution >= 4 is 27.5 Å². The predicted octanol–water partition coefficient (Wildman–Crippen LogP) is 4.71. The van der Waals surface area contributed by atoms with Gasteiger partial charge < -0.3 is 4.42 Å². The van der Waals surface area contributed by atoms with Crippen molar-refractivity contribution in [3.8, 4) is 0 Å². The van der Waals surface area contributed by atoms with Crippen molar-refractivity contribution in [1.82, 2.24) is 5.01 Å². The highest BCUT2D eigenvalue weighted by Gasteiger charge is 2.40. The van der Waals surface area contributed by atoms with Gasteiger partial charge in [0.25, 0.3) is 0 Å². The van der Waals surface area contributed by atoms with Crippen LogP contribution in [0.3, 0.4) is 0 Å². The third-order valence-corrected chi connectivity index (χ3v) is 4.50. The Morgan fingerprint density at radius 2 is 2.09 bits per heavy atom. The Balaban J connectivity index is 1.97. The number of rotatable bonds is 2. The number of carbonyl (C=O) groups is 1. The topological polar surface area (TPSA) is 45.8 Å². The number of benzene rings is 1. The number of carbonyl (C=O) groups excluding carboxylic acids is 1. The Hall–Kier alpha value is -1.88. The highest BCUT2D eigenvalue weighted by atomic mass is 79.9. The number of hydrogen-bond donors (Lipinski definition) is 0. The molecular formula is C18H19BrN2O2.